The van der Waals surface area contributed by atoms with Crippen LogP contribution in [0.5, 0.6) is 0 Å². The molecule has 5 nitrogen and oxygen atoms in total. The molecule has 0 aliphatic carbocycles. The second-order valence-corrected chi connectivity index (χ2v) is 5.22. The molecule has 1 amide bonds. The van der Waals surface area contributed by atoms with Gasteiger partial charge >= 0.3 is 5.97 Å². The van der Waals surface area contributed by atoms with Crippen molar-refractivity contribution in [3.8, 4) is 0 Å². The molecule has 1 rings (SSSR count). The van der Waals surface area contributed by atoms with Crippen LogP contribution in [0.1, 0.15) is 29.8 Å². The highest BCUT2D eigenvalue weighted by molar-refractivity contribution is 5.90. The molecule has 0 radical (unpaired) electrons. The normalized spacial score (nSPS) is 11.0. The van der Waals surface area contributed by atoms with Gasteiger partial charge in [-0.1, -0.05) is 18.2 Å². The molecule has 1 aromatic carbocycles. The lowest BCUT2D eigenvalue weighted by Gasteiger charge is -2.23. The molecule has 110 valence electrons. The number of carbonyl (C=O) groups excluding carboxylic acids is 2. The molecular formula is C15H22N2O3. The molecular weight excluding hydrogens is 256 g/mol. The Labute approximate surface area is 119 Å². The Morgan fingerprint density at radius 3 is 2.50 bits per heavy atom. The first-order chi connectivity index (χ1) is 9.42. The van der Waals surface area contributed by atoms with Crippen molar-refractivity contribution < 1.29 is 14.3 Å². The van der Waals surface area contributed by atoms with E-state index in [-0.39, 0.29) is 11.9 Å². The third kappa shape index (κ3) is 4.06. The topological polar surface area (TPSA) is 67.4 Å². The van der Waals surface area contributed by atoms with Crippen LogP contribution in [0.25, 0.3) is 0 Å². The number of hydrogen-bond donors (Lipinski definition) is 2. The zero-order chi connectivity index (χ0) is 15.2. The summed E-state index contributed by atoms with van der Waals surface area (Å²) in [5, 5.41) is 5.85. The summed E-state index contributed by atoms with van der Waals surface area (Å²) in [5.74, 6) is -0.376. The lowest BCUT2D eigenvalue weighted by Crippen LogP contribution is -2.41. The number of carbonyl (C=O) groups is 2. The Kier molecular flexibility index (Phi) is 5.70. The number of rotatable bonds is 6. The minimum absolute atomic E-state index is 0.0220. The molecule has 1 aromatic rings. The van der Waals surface area contributed by atoms with Crippen LogP contribution in [-0.2, 0) is 16.1 Å². The van der Waals surface area contributed by atoms with Gasteiger partial charge in [0.05, 0.1) is 18.1 Å². The number of nitrogens with one attached hydrogen (secondary N) is 2. The molecule has 0 aliphatic rings. The third-order valence-electron chi connectivity index (χ3n) is 3.15. The van der Waals surface area contributed by atoms with Gasteiger partial charge in [-0.2, -0.15) is 0 Å². The van der Waals surface area contributed by atoms with E-state index >= 15 is 0 Å². The highest BCUT2D eigenvalue weighted by Crippen LogP contribution is 2.15. The highest BCUT2D eigenvalue weighted by Gasteiger charge is 2.26. The minimum atomic E-state index is -0.505. The van der Waals surface area contributed by atoms with E-state index in [4.69, 9.17) is 4.74 Å². The van der Waals surface area contributed by atoms with Crippen molar-refractivity contribution in [1.29, 1.82) is 0 Å². The molecule has 20 heavy (non-hydrogen) atoms. The van der Waals surface area contributed by atoms with Crippen molar-refractivity contribution >= 4 is 11.9 Å². The van der Waals surface area contributed by atoms with E-state index in [1.807, 2.05) is 26.0 Å². The van der Waals surface area contributed by atoms with Gasteiger partial charge in [0, 0.05) is 20.1 Å². The SMILES string of the molecule is CNC(=O)C(C)(C)CNCc1ccccc1C(=O)OC. The summed E-state index contributed by atoms with van der Waals surface area (Å²) in [4.78, 5) is 23.3. The highest BCUT2D eigenvalue weighted by atomic mass is 16.5. The fourth-order valence-electron chi connectivity index (χ4n) is 1.91. The number of benzene rings is 1. The average molecular weight is 278 g/mol. The maximum absolute atomic E-state index is 11.7. The van der Waals surface area contributed by atoms with Crippen LogP contribution in [0, 0.1) is 5.41 Å². The predicted octanol–water partition coefficient (Wildman–Crippen LogP) is 1.33. The summed E-state index contributed by atoms with van der Waals surface area (Å²) in [5.41, 5.74) is 0.891. The Hall–Kier alpha value is -1.88. The van der Waals surface area contributed by atoms with Crippen LogP contribution in [0.2, 0.25) is 0 Å². The Morgan fingerprint density at radius 1 is 1.25 bits per heavy atom. The second-order valence-electron chi connectivity index (χ2n) is 5.22. The lowest BCUT2D eigenvalue weighted by molar-refractivity contribution is -0.128. The Bertz CT molecular complexity index is 484. The number of hydrogen-bond acceptors (Lipinski definition) is 4. The van der Waals surface area contributed by atoms with Crippen LogP contribution in [0.15, 0.2) is 24.3 Å². The van der Waals surface area contributed by atoms with Gasteiger partial charge in [0.15, 0.2) is 0 Å². The molecule has 0 aromatic heterocycles. The zero-order valence-corrected chi connectivity index (χ0v) is 12.4. The molecule has 0 saturated heterocycles. The first-order valence-corrected chi connectivity index (χ1v) is 6.51. The molecule has 0 atom stereocenters. The molecule has 0 heterocycles. The maximum Gasteiger partial charge on any atom is 0.338 e. The van der Waals surface area contributed by atoms with Crippen molar-refractivity contribution in [1.82, 2.24) is 10.6 Å². The van der Waals surface area contributed by atoms with Crippen LogP contribution in [0.3, 0.4) is 0 Å². The zero-order valence-electron chi connectivity index (χ0n) is 12.4. The summed E-state index contributed by atoms with van der Waals surface area (Å²) in [6.07, 6.45) is 0. The van der Waals surface area contributed by atoms with Gasteiger partial charge in [-0.05, 0) is 25.5 Å². The molecule has 0 aliphatic heterocycles. The quantitative estimate of drug-likeness (QED) is 0.771. The number of ether oxygens (including phenoxy) is 1. The standard InChI is InChI=1S/C15H22N2O3/c1-15(2,14(19)16-3)10-17-9-11-7-5-6-8-12(11)13(18)20-4/h5-8,17H,9-10H2,1-4H3,(H,16,19). The van der Waals surface area contributed by atoms with E-state index in [0.717, 1.165) is 5.56 Å². The van der Waals surface area contributed by atoms with Crippen molar-refractivity contribution in [2.45, 2.75) is 20.4 Å². The molecule has 5 heteroatoms. The van der Waals surface area contributed by atoms with Gasteiger partial charge in [-0.15, -0.1) is 0 Å². The molecule has 0 saturated carbocycles. The summed E-state index contributed by atoms with van der Waals surface area (Å²) < 4.78 is 4.75. The number of esters is 1. The second kappa shape index (κ2) is 7.05. The Morgan fingerprint density at radius 2 is 1.90 bits per heavy atom. The van der Waals surface area contributed by atoms with E-state index in [9.17, 15) is 9.59 Å². The minimum Gasteiger partial charge on any atom is -0.465 e. The first-order valence-electron chi connectivity index (χ1n) is 6.51. The lowest BCUT2D eigenvalue weighted by atomic mass is 9.92. The summed E-state index contributed by atoms with van der Waals surface area (Å²) in [6.45, 7) is 4.75. The average Bonchev–Trinajstić information content (AvgIpc) is 2.45. The Balaban J connectivity index is 2.67. The molecule has 0 unspecified atom stereocenters. The van der Waals surface area contributed by atoms with Crippen LogP contribution >= 0.6 is 0 Å². The monoisotopic (exact) mass is 278 g/mol. The van der Waals surface area contributed by atoms with Gasteiger partial charge < -0.3 is 15.4 Å². The molecule has 0 spiro atoms. The molecule has 0 bridgehead atoms. The molecule has 0 fully saturated rings. The van der Waals surface area contributed by atoms with Crippen LogP contribution < -0.4 is 10.6 Å². The summed E-state index contributed by atoms with van der Waals surface area (Å²) in [6, 6.07) is 7.26. The summed E-state index contributed by atoms with van der Waals surface area (Å²) >= 11 is 0. The van der Waals surface area contributed by atoms with E-state index in [0.29, 0.717) is 18.7 Å². The maximum atomic E-state index is 11.7. The smallest absolute Gasteiger partial charge is 0.338 e. The van der Waals surface area contributed by atoms with Gasteiger partial charge in [0.25, 0.3) is 0 Å². The van der Waals surface area contributed by atoms with Crippen LogP contribution in [0.4, 0.5) is 0 Å². The van der Waals surface area contributed by atoms with E-state index in [1.54, 1.807) is 19.2 Å². The fourth-order valence-corrected chi connectivity index (χ4v) is 1.91. The third-order valence-corrected chi connectivity index (χ3v) is 3.15. The fraction of sp³-hybridized carbons (Fsp3) is 0.467. The van der Waals surface area contributed by atoms with E-state index < -0.39 is 5.41 Å². The first kappa shape index (κ1) is 16.2. The van der Waals surface area contributed by atoms with Gasteiger partial charge in [0.2, 0.25) is 5.91 Å². The summed E-state index contributed by atoms with van der Waals surface area (Å²) in [7, 11) is 2.98. The van der Waals surface area contributed by atoms with Crippen molar-refractivity contribution in [3.05, 3.63) is 35.4 Å². The van der Waals surface area contributed by atoms with Crippen molar-refractivity contribution in [3.63, 3.8) is 0 Å². The largest absolute Gasteiger partial charge is 0.465 e. The van der Waals surface area contributed by atoms with Crippen LogP contribution in [-0.4, -0.2) is 32.6 Å². The number of amides is 1. The van der Waals surface area contributed by atoms with Gasteiger partial charge in [0.1, 0.15) is 0 Å². The van der Waals surface area contributed by atoms with Crippen molar-refractivity contribution in [2.24, 2.45) is 5.41 Å². The predicted molar refractivity (Wildman–Crippen MR) is 77.3 cm³/mol. The molecule has 2 N–H and O–H groups in total. The van der Waals surface area contributed by atoms with Crippen molar-refractivity contribution in [2.75, 3.05) is 20.7 Å². The van der Waals surface area contributed by atoms with E-state index in [1.165, 1.54) is 7.11 Å². The van der Waals surface area contributed by atoms with Gasteiger partial charge in [-0.3, -0.25) is 4.79 Å². The number of methoxy groups -OCH3 is 1. The van der Waals surface area contributed by atoms with E-state index in [2.05, 4.69) is 10.6 Å². The van der Waals surface area contributed by atoms with Gasteiger partial charge in [-0.25, -0.2) is 4.79 Å².